The molecule has 0 heterocycles. The average molecular weight is 536 g/mol. The van der Waals surface area contributed by atoms with Crippen molar-refractivity contribution in [3.8, 4) is 5.75 Å². The molecule has 1 fully saturated rings. The highest BCUT2D eigenvalue weighted by Crippen LogP contribution is 2.25. The first-order valence-electron chi connectivity index (χ1n) is 9.75. The lowest BCUT2D eigenvalue weighted by atomic mass is 9.95. The molecule has 0 saturated heterocycles. The summed E-state index contributed by atoms with van der Waals surface area (Å²) in [6, 6.07) is 5.96. The molecule has 0 bridgehead atoms. The van der Waals surface area contributed by atoms with Crippen LogP contribution in [0.3, 0.4) is 0 Å². The number of benzene rings is 1. The Kier molecular flexibility index (Phi) is 11.6. The average Bonchev–Trinajstić information content (AvgIpc) is 2.70. The number of methoxy groups -OCH3 is 1. The molecule has 1 saturated carbocycles. The SMILES string of the molecule is CCS(=O)C1CCCC(NC(=NC)NCc2ccc(OC)c(NC(C)=O)c2)C1.I. The van der Waals surface area contributed by atoms with Gasteiger partial charge < -0.3 is 20.7 Å². The second-order valence-corrected chi connectivity index (χ2v) is 8.95. The van der Waals surface area contributed by atoms with E-state index in [-0.39, 0.29) is 41.2 Å². The summed E-state index contributed by atoms with van der Waals surface area (Å²) in [5.74, 6) is 1.93. The van der Waals surface area contributed by atoms with Crippen LogP contribution in [0.15, 0.2) is 23.2 Å². The zero-order valence-corrected chi connectivity index (χ0v) is 20.8. The highest BCUT2D eigenvalue weighted by atomic mass is 127. The van der Waals surface area contributed by atoms with Gasteiger partial charge in [0, 0.05) is 48.4 Å². The van der Waals surface area contributed by atoms with Crippen LogP contribution in [0.1, 0.15) is 45.1 Å². The van der Waals surface area contributed by atoms with Crippen molar-refractivity contribution >= 4 is 52.3 Å². The Morgan fingerprint density at radius 3 is 2.72 bits per heavy atom. The Morgan fingerprint density at radius 2 is 2.10 bits per heavy atom. The maximum atomic E-state index is 12.1. The molecule has 29 heavy (non-hydrogen) atoms. The standard InChI is InChI=1S/C20H32N4O3S.HI/c1-5-28(26)17-8-6-7-16(12-17)24-20(21-3)22-13-15-9-10-19(27-4)18(11-15)23-14(2)25;/h9-11,16-17H,5-8,12-13H2,1-4H3,(H,23,25)(H2,21,22,24);1H. The molecule has 1 aliphatic carbocycles. The van der Waals surface area contributed by atoms with Crippen molar-refractivity contribution in [1.29, 1.82) is 0 Å². The number of hydrogen-bond acceptors (Lipinski definition) is 4. The molecule has 1 aromatic carbocycles. The van der Waals surface area contributed by atoms with Crippen LogP contribution >= 0.6 is 24.0 Å². The van der Waals surface area contributed by atoms with Gasteiger partial charge in [0.2, 0.25) is 5.91 Å². The number of rotatable bonds is 7. The molecule has 3 N–H and O–H groups in total. The van der Waals surface area contributed by atoms with Crippen molar-refractivity contribution in [2.45, 2.75) is 57.4 Å². The number of aliphatic imine (C=N–C) groups is 1. The van der Waals surface area contributed by atoms with E-state index in [0.717, 1.165) is 43.0 Å². The van der Waals surface area contributed by atoms with Gasteiger partial charge in [0.1, 0.15) is 5.75 Å². The van der Waals surface area contributed by atoms with Crippen molar-refractivity contribution in [3.63, 3.8) is 0 Å². The molecule has 1 amide bonds. The fourth-order valence-corrected chi connectivity index (χ4v) is 4.82. The molecule has 1 aromatic rings. The lowest BCUT2D eigenvalue weighted by Gasteiger charge is -2.30. The molecule has 9 heteroatoms. The van der Waals surface area contributed by atoms with Crippen LogP contribution in [0.4, 0.5) is 5.69 Å². The Labute approximate surface area is 193 Å². The highest BCUT2D eigenvalue weighted by molar-refractivity contribution is 14.0. The molecule has 7 nitrogen and oxygen atoms in total. The minimum absolute atomic E-state index is 0. The summed E-state index contributed by atoms with van der Waals surface area (Å²) in [6.45, 7) is 4.02. The van der Waals surface area contributed by atoms with Gasteiger partial charge in [0.15, 0.2) is 5.96 Å². The van der Waals surface area contributed by atoms with Crippen molar-refractivity contribution in [3.05, 3.63) is 23.8 Å². The summed E-state index contributed by atoms with van der Waals surface area (Å²) in [6.07, 6.45) is 4.11. The predicted molar refractivity (Wildman–Crippen MR) is 131 cm³/mol. The number of guanidine groups is 1. The first-order valence-corrected chi connectivity index (χ1v) is 11.1. The molecule has 0 aromatic heterocycles. The van der Waals surface area contributed by atoms with E-state index in [1.807, 2.05) is 25.1 Å². The third-order valence-corrected chi connectivity index (χ3v) is 6.62. The normalized spacial score (nSPS) is 20.2. The topological polar surface area (TPSA) is 91.8 Å². The lowest BCUT2D eigenvalue weighted by molar-refractivity contribution is -0.114. The fraction of sp³-hybridized carbons (Fsp3) is 0.600. The van der Waals surface area contributed by atoms with E-state index in [1.54, 1.807) is 14.2 Å². The number of carbonyl (C=O) groups is 1. The number of anilines is 1. The molecule has 3 unspecified atom stereocenters. The molecular formula is C20H33IN4O3S. The molecule has 0 aliphatic heterocycles. The van der Waals surface area contributed by atoms with Crippen LogP contribution in [0.25, 0.3) is 0 Å². The Hall–Kier alpha value is -1.36. The van der Waals surface area contributed by atoms with Gasteiger partial charge in [0.05, 0.1) is 12.8 Å². The summed E-state index contributed by atoms with van der Waals surface area (Å²) in [4.78, 5) is 15.7. The van der Waals surface area contributed by atoms with Crippen molar-refractivity contribution in [2.75, 3.05) is 25.2 Å². The molecule has 0 radical (unpaired) electrons. The van der Waals surface area contributed by atoms with Gasteiger partial charge in [-0.05, 0) is 37.0 Å². The van der Waals surface area contributed by atoms with Gasteiger partial charge in [-0.2, -0.15) is 0 Å². The largest absolute Gasteiger partial charge is 0.495 e. The summed E-state index contributed by atoms with van der Waals surface area (Å²) >= 11 is 0. The van der Waals surface area contributed by atoms with Crippen LogP contribution in [-0.2, 0) is 22.1 Å². The Balaban J connectivity index is 0.00000420. The van der Waals surface area contributed by atoms with Crippen LogP contribution in [0, 0.1) is 0 Å². The van der Waals surface area contributed by atoms with Gasteiger partial charge in [-0.3, -0.25) is 14.0 Å². The lowest BCUT2D eigenvalue weighted by Crippen LogP contribution is -2.46. The van der Waals surface area contributed by atoms with Gasteiger partial charge in [-0.25, -0.2) is 0 Å². The van der Waals surface area contributed by atoms with Gasteiger partial charge >= 0.3 is 0 Å². The number of amides is 1. The fourth-order valence-electron chi connectivity index (χ4n) is 3.48. The third kappa shape index (κ3) is 8.12. The number of ether oxygens (including phenoxy) is 1. The summed E-state index contributed by atoms with van der Waals surface area (Å²) in [5, 5.41) is 9.84. The summed E-state index contributed by atoms with van der Waals surface area (Å²) < 4.78 is 17.4. The molecule has 0 spiro atoms. The van der Waals surface area contributed by atoms with Crippen molar-refractivity contribution in [1.82, 2.24) is 10.6 Å². The monoisotopic (exact) mass is 536 g/mol. The van der Waals surface area contributed by atoms with E-state index in [4.69, 9.17) is 4.74 Å². The number of nitrogens with one attached hydrogen (secondary N) is 3. The summed E-state index contributed by atoms with van der Waals surface area (Å²) in [7, 11) is 2.58. The Morgan fingerprint density at radius 1 is 1.34 bits per heavy atom. The third-order valence-electron chi connectivity index (χ3n) is 4.88. The molecule has 3 atom stereocenters. The maximum Gasteiger partial charge on any atom is 0.221 e. The Bertz CT molecular complexity index is 730. The maximum absolute atomic E-state index is 12.1. The highest BCUT2D eigenvalue weighted by Gasteiger charge is 2.26. The van der Waals surface area contributed by atoms with Gasteiger partial charge in [0.25, 0.3) is 0 Å². The van der Waals surface area contributed by atoms with Crippen LogP contribution in [0.2, 0.25) is 0 Å². The quantitative estimate of drug-likeness (QED) is 0.283. The first kappa shape index (κ1) is 25.7. The van der Waals surface area contributed by atoms with E-state index in [1.165, 1.54) is 6.92 Å². The first-order chi connectivity index (χ1) is 13.5. The van der Waals surface area contributed by atoms with E-state index in [0.29, 0.717) is 18.0 Å². The van der Waals surface area contributed by atoms with E-state index in [9.17, 15) is 9.00 Å². The van der Waals surface area contributed by atoms with E-state index >= 15 is 0 Å². The minimum atomic E-state index is -0.742. The van der Waals surface area contributed by atoms with E-state index in [2.05, 4.69) is 20.9 Å². The predicted octanol–water partition coefficient (Wildman–Crippen LogP) is 3.02. The van der Waals surface area contributed by atoms with Crippen LogP contribution < -0.4 is 20.7 Å². The number of hydrogen-bond donors (Lipinski definition) is 3. The zero-order valence-electron chi connectivity index (χ0n) is 17.6. The molecule has 1 aliphatic rings. The minimum Gasteiger partial charge on any atom is -0.495 e. The second-order valence-electron chi connectivity index (χ2n) is 6.94. The molecular weight excluding hydrogens is 503 g/mol. The molecule has 2 rings (SSSR count). The number of nitrogens with zero attached hydrogens (tertiary/aromatic N) is 1. The smallest absolute Gasteiger partial charge is 0.221 e. The number of carbonyl (C=O) groups excluding carboxylic acids is 1. The second kappa shape index (κ2) is 13.0. The van der Waals surface area contributed by atoms with E-state index < -0.39 is 10.8 Å². The van der Waals surface area contributed by atoms with Crippen LogP contribution in [-0.4, -0.2) is 47.3 Å². The number of halogens is 1. The van der Waals surface area contributed by atoms with Crippen molar-refractivity contribution in [2.24, 2.45) is 4.99 Å². The molecule has 164 valence electrons. The zero-order chi connectivity index (χ0) is 20.5. The van der Waals surface area contributed by atoms with Gasteiger partial charge in [-0.15, -0.1) is 24.0 Å². The van der Waals surface area contributed by atoms with Crippen molar-refractivity contribution < 1.29 is 13.7 Å². The summed E-state index contributed by atoms with van der Waals surface area (Å²) in [5.41, 5.74) is 1.65. The van der Waals surface area contributed by atoms with Crippen LogP contribution in [0.5, 0.6) is 5.75 Å². The van der Waals surface area contributed by atoms with Gasteiger partial charge in [-0.1, -0.05) is 19.4 Å².